The molecule has 2 saturated heterocycles. The first kappa shape index (κ1) is 21.2. The van der Waals surface area contributed by atoms with Crippen LogP contribution in [0.3, 0.4) is 0 Å². The van der Waals surface area contributed by atoms with Gasteiger partial charge in [0.1, 0.15) is 11.1 Å². The van der Waals surface area contributed by atoms with Crippen LogP contribution < -0.4 is 14.9 Å². The SMILES string of the molecule is CNS1(O)CCC(c2ccc(N3CC(CNC(=S)C(F)F)OC3=O)cc2)CC1. The van der Waals surface area contributed by atoms with Gasteiger partial charge in [0.25, 0.3) is 6.43 Å². The van der Waals surface area contributed by atoms with Crippen molar-refractivity contribution in [2.75, 3.05) is 36.5 Å². The Hall–Kier alpha value is -1.49. The number of hydrogen-bond donors (Lipinski definition) is 3. The van der Waals surface area contributed by atoms with Crippen LogP contribution in [0.15, 0.2) is 24.3 Å². The van der Waals surface area contributed by atoms with Crippen LogP contribution in [0.5, 0.6) is 0 Å². The number of hydrogen-bond acceptors (Lipinski definition) is 5. The minimum absolute atomic E-state index is 0.0578. The predicted molar refractivity (Wildman–Crippen MR) is 112 cm³/mol. The number of alkyl halides is 2. The van der Waals surface area contributed by atoms with Gasteiger partial charge < -0.3 is 14.6 Å². The van der Waals surface area contributed by atoms with Gasteiger partial charge in [-0.25, -0.2) is 13.6 Å². The molecule has 0 saturated carbocycles. The first-order chi connectivity index (χ1) is 13.3. The van der Waals surface area contributed by atoms with Crippen molar-refractivity contribution in [3.63, 3.8) is 0 Å². The Bertz CT molecular complexity index is 713. The van der Waals surface area contributed by atoms with Gasteiger partial charge in [-0.1, -0.05) is 34.8 Å². The summed E-state index contributed by atoms with van der Waals surface area (Å²) in [4.78, 5) is 13.1. The second-order valence-electron chi connectivity index (χ2n) is 6.98. The Morgan fingerprint density at radius 3 is 2.57 bits per heavy atom. The highest BCUT2D eigenvalue weighted by Crippen LogP contribution is 2.48. The predicted octanol–water partition coefficient (Wildman–Crippen LogP) is 3.48. The van der Waals surface area contributed by atoms with Crippen LogP contribution in [0.2, 0.25) is 0 Å². The van der Waals surface area contributed by atoms with Gasteiger partial charge in [0.05, 0.1) is 13.1 Å². The monoisotopic (exact) mass is 433 g/mol. The molecule has 0 bridgehead atoms. The maximum absolute atomic E-state index is 12.4. The lowest BCUT2D eigenvalue weighted by atomic mass is 9.93. The number of amides is 1. The number of carbonyl (C=O) groups is 1. The molecule has 1 aromatic rings. The third kappa shape index (κ3) is 4.91. The summed E-state index contributed by atoms with van der Waals surface area (Å²) in [5.74, 6) is 1.96. The molecule has 0 spiro atoms. The highest BCUT2D eigenvalue weighted by Gasteiger charge is 2.33. The van der Waals surface area contributed by atoms with Gasteiger partial charge in [-0.3, -0.25) is 9.62 Å². The molecule has 1 aromatic carbocycles. The van der Waals surface area contributed by atoms with Crippen molar-refractivity contribution < 1.29 is 22.9 Å². The number of thiocarbonyl (C=S) groups is 1. The number of ether oxygens (including phenoxy) is 1. The fourth-order valence-corrected chi connectivity index (χ4v) is 5.56. The molecular formula is C18H25F2N3O3S2. The molecule has 2 fully saturated rings. The van der Waals surface area contributed by atoms with Crippen LogP contribution in [0, 0.1) is 0 Å². The van der Waals surface area contributed by atoms with Crippen LogP contribution in [0.25, 0.3) is 0 Å². The third-order valence-corrected chi connectivity index (χ3v) is 8.14. The Labute approximate surface area is 170 Å². The third-order valence-electron chi connectivity index (χ3n) is 5.24. The van der Waals surface area contributed by atoms with E-state index in [1.54, 1.807) is 0 Å². The molecule has 3 N–H and O–H groups in total. The van der Waals surface area contributed by atoms with Gasteiger partial charge in [0, 0.05) is 17.2 Å². The second-order valence-corrected chi connectivity index (χ2v) is 10.3. The largest absolute Gasteiger partial charge is 0.442 e. The number of nitrogens with one attached hydrogen (secondary N) is 2. The Morgan fingerprint density at radius 1 is 1.36 bits per heavy atom. The minimum Gasteiger partial charge on any atom is -0.442 e. The molecule has 10 heteroatoms. The summed E-state index contributed by atoms with van der Waals surface area (Å²) in [7, 11) is 0.157. The number of benzene rings is 1. The average molecular weight is 434 g/mol. The van der Waals surface area contributed by atoms with E-state index in [0.717, 1.165) is 24.3 Å². The average Bonchev–Trinajstić information content (AvgIpc) is 3.07. The van der Waals surface area contributed by atoms with Gasteiger partial charge in [0.15, 0.2) is 0 Å². The summed E-state index contributed by atoms with van der Waals surface area (Å²) in [6, 6.07) is 7.76. The quantitative estimate of drug-likeness (QED) is 0.597. The van der Waals surface area contributed by atoms with Crippen molar-refractivity contribution in [2.45, 2.75) is 31.3 Å². The molecule has 1 amide bonds. The van der Waals surface area contributed by atoms with Crippen molar-refractivity contribution in [1.82, 2.24) is 10.0 Å². The molecule has 0 aromatic heterocycles. The molecule has 6 nitrogen and oxygen atoms in total. The lowest BCUT2D eigenvalue weighted by Gasteiger charge is -2.40. The minimum atomic E-state index is -2.72. The summed E-state index contributed by atoms with van der Waals surface area (Å²) in [6.45, 7) is 0.335. The molecule has 2 heterocycles. The zero-order chi connectivity index (χ0) is 20.3. The number of anilines is 1. The van der Waals surface area contributed by atoms with Gasteiger partial charge in [0.2, 0.25) is 0 Å². The lowest BCUT2D eigenvalue weighted by Crippen LogP contribution is -2.36. The highest BCUT2D eigenvalue weighted by molar-refractivity contribution is 8.27. The van der Waals surface area contributed by atoms with Gasteiger partial charge >= 0.3 is 6.09 Å². The molecular weight excluding hydrogens is 408 g/mol. The zero-order valence-electron chi connectivity index (χ0n) is 15.6. The summed E-state index contributed by atoms with van der Waals surface area (Å²) in [5, 5.41) is 2.43. The van der Waals surface area contributed by atoms with Crippen LogP contribution in [0.1, 0.15) is 24.3 Å². The van der Waals surface area contributed by atoms with E-state index in [-0.39, 0.29) is 13.1 Å². The summed E-state index contributed by atoms with van der Waals surface area (Å²) in [6.07, 6.45) is -1.90. The smallest absolute Gasteiger partial charge is 0.414 e. The normalized spacial score (nSPS) is 30.0. The van der Waals surface area contributed by atoms with Gasteiger partial charge in [-0.2, -0.15) is 0 Å². The number of rotatable bonds is 6. The first-order valence-corrected chi connectivity index (χ1v) is 11.5. The van der Waals surface area contributed by atoms with Crippen molar-refractivity contribution in [3.8, 4) is 0 Å². The number of halogens is 2. The number of carbonyl (C=O) groups excluding carboxylic acids is 1. The van der Waals surface area contributed by atoms with Gasteiger partial charge in [-0.15, -0.1) is 0 Å². The standard InChI is InChI=1S/C18H25F2N3O3S2/c1-21-28(25)8-6-13(7-9-28)12-2-4-14(5-3-12)23-11-15(26-18(23)24)10-22-17(27)16(19)20/h2-5,13,15-16,21,25H,6-11H2,1H3,(H,22,27). The Morgan fingerprint density at radius 2 is 2.00 bits per heavy atom. The maximum Gasteiger partial charge on any atom is 0.414 e. The van der Waals surface area contributed by atoms with Crippen molar-refractivity contribution in [3.05, 3.63) is 29.8 Å². The van der Waals surface area contributed by atoms with E-state index in [4.69, 9.17) is 4.74 Å². The molecule has 1 atom stereocenters. The maximum atomic E-state index is 12.4. The van der Waals surface area contributed by atoms with E-state index >= 15 is 0 Å². The van der Waals surface area contributed by atoms with Crippen molar-refractivity contribution in [2.24, 2.45) is 0 Å². The Balaban J connectivity index is 1.56. The van der Waals surface area contributed by atoms with E-state index in [9.17, 15) is 18.1 Å². The summed E-state index contributed by atoms with van der Waals surface area (Å²) >= 11 is 4.53. The molecule has 0 aliphatic carbocycles. The molecule has 156 valence electrons. The summed E-state index contributed by atoms with van der Waals surface area (Å²) in [5.41, 5.74) is 1.90. The molecule has 3 rings (SSSR count). The van der Waals surface area contributed by atoms with E-state index in [0.29, 0.717) is 11.6 Å². The molecule has 1 unspecified atom stereocenters. The fraction of sp³-hybridized carbons (Fsp3) is 0.556. The topological polar surface area (TPSA) is 73.8 Å². The first-order valence-electron chi connectivity index (χ1n) is 9.15. The van der Waals surface area contributed by atoms with Gasteiger partial charge in [-0.05, 0) is 43.5 Å². The Kier molecular flexibility index (Phi) is 6.74. The van der Waals surface area contributed by atoms with E-state index < -0.39 is 34.1 Å². The molecule has 0 radical (unpaired) electrons. The molecule has 28 heavy (non-hydrogen) atoms. The van der Waals surface area contributed by atoms with Crippen molar-refractivity contribution in [1.29, 1.82) is 0 Å². The van der Waals surface area contributed by atoms with Crippen LogP contribution >= 0.6 is 22.7 Å². The fourth-order valence-electron chi connectivity index (χ4n) is 3.51. The lowest BCUT2D eigenvalue weighted by molar-refractivity contribution is 0.142. The van der Waals surface area contributed by atoms with Crippen LogP contribution in [-0.2, 0) is 4.74 Å². The van der Waals surface area contributed by atoms with E-state index in [1.807, 2.05) is 31.3 Å². The van der Waals surface area contributed by atoms with E-state index in [2.05, 4.69) is 22.3 Å². The zero-order valence-corrected chi connectivity index (χ0v) is 17.2. The highest BCUT2D eigenvalue weighted by atomic mass is 32.3. The second kappa shape index (κ2) is 8.89. The van der Waals surface area contributed by atoms with Crippen molar-refractivity contribution >= 4 is 39.5 Å². The summed E-state index contributed by atoms with van der Waals surface area (Å²) < 4.78 is 43.5. The van der Waals surface area contributed by atoms with E-state index in [1.165, 1.54) is 10.5 Å². The number of cyclic esters (lactones) is 1. The molecule has 2 aliphatic heterocycles. The number of nitrogens with zero attached hydrogens (tertiary/aromatic N) is 1. The van der Waals surface area contributed by atoms with Crippen LogP contribution in [-0.4, -0.2) is 59.8 Å². The molecule has 2 aliphatic rings. The van der Waals surface area contributed by atoms with Crippen LogP contribution in [0.4, 0.5) is 19.3 Å².